The fraction of sp³-hybridized carbons (Fsp3) is 0.500. The number of amides is 1. The number of aliphatic hydroxyl groups is 1. The number of carbonyl (C=O) groups excluding carboxylic acids is 1. The number of hydrogen-bond acceptors (Lipinski definition) is 3. The molecule has 17 heavy (non-hydrogen) atoms. The number of aromatic nitrogens is 1. The molecule has 0 bridgehead atoms. The summed E-state index contributed by atoms with van der Waals surface area (Å²) < 4.78 is 13.3. The molecule has 1 saturated carbocycles. The standard InChI is InChI=1S/C12H15FN2O2/c13-9-7-14-6-5-8(9)12(17)15-10-3-1-2-4-11(10)16/h5-7,10-11,16H,1-4H2,(H,15,17)/t10-,11-/m1/s1. The van der Waals surface area contributed by atoms with E-state index in [1.807, 2.05) is 0 Å². The molecule has 1 heterocycles. The molecule has 0 spiro atoms. The van der Waals surface area contributed by atoms with Gasteiger partial charge in [0.05, 0.1) is 23.9 Å². The molecule has 2 atom stereocenters. The molecule has 1 aliphatic carbocycles. The molecule has 0 aliphatic heterocycles. The Kier molecular flexibility index (Phi) is 3.68. The van der Waals surface area contributed by atoms with Crippen molar-refractivity contribution < 1.29 is 14.3 Å². The topological polar surface area (TPSA) is 62.2 Å². The number of aliphatic hydroxyl groups excluding tert-OH is 1. The Morgan fingerprint density at radius 2 is 2.24 bits per heavy atom. The Morgan fingerprint density at radius 1 is 1.47 bits per heavy atom. The minimum atomic E-state index is -0.643. The van der Waals surface area contributed by atoms with E-state index in [9.17, 15) is 14.3 Å². The maximum absolute atomic E-state index is 13.3. The first-order valence-electron chi connectivity index (χ1n) is 5.77. The maximum Gasteiger partial charge on any atom is 0.254 e. The summed E-state index contributed by atoms with van der Waals surface area (Å²) in [5.41, 5.74) is -0.0298. The molecule has 4 nitrogen and oxygen atoms in total. The molecular weight excluding hydrogens is 223 g/mol. The summed E-state index contributed by atoms with van der Waals surface area (Å²) in [5.74, 6) is -1.13. The molecule has 0 unspecified atom stereocenters. The smallest absolute Gasteiger partial charge is 0.254 e. The molecule has 1 aliphatic rings. The van der Waals surface area contributed by atoms with Crippen LogP contribution in [0.3, 0.4) is 0 Å². The molecule has 1 aromatic rings. The predicted molar refractivity (Wildman–Crippen MR) is 59.9 cm³/mol. The molecule has 0 aromatic carbocycles. The van der Waals surface area contributed by atoms with Crippen molar-refractivity contribution in [2.75, 3.05) is 0 Å². The summed E-state index contributed by atoms with van der Waals surface area (Å²) >= 11 is 0. The van der Waals surface area contributed by atoms with Crippen LogP contribution in [0.4, 0.5) is 4.39 Å². The van der Waals surface area contributed by atoms with Gasteiger partial charge in [-0.15, -0.1) is 0 Å². The van der Waals surface area contributed by atoms with Crippen LogP contribution in [-0.4, -0.2) is 28.1 Å². The van der Waals surface area contributed by atoms with Crippen LogP contribution in [0.15, 0.2) is 18.5 Å². The highest BCUT2D eigenvalue weighted by Gasteiger charge is 2.25. The van der Waals surface area contributed by atoms with Gasteiger partial charge in [-0.3, -0.25) is 9.78 Å². The van der Waals surface area contributed by atoms with E-state index in [1.165, 1.54) is 12.3 Å². The Balaban J connectivity index is 2.04. The van der Waals surface area contributed by atoms with Gasteiger partial charge in [0.15, 0.2) is 5.82 Å². The third-order valence-electron chi connectivity index (χ3n) is 3.06. The first-order chi connectivity index (χ1) is 8.18. The molecular formula is C12H15FN2O2. The van der Waals surface area contributed by atoms with Gasteiger partial charge in [-0.1, -0.05) is 12.8 Å². The lowest BCUT2D eigenvalue weighted by Crippen LogP contribution is -2.45. The quantitative estimate of drug-likeness (QED) is 0.815. The van der Waals surface area contributed by atoms with Crippen molar-refractivity contribution in [3.05, 3.63) is 29.8 Å². The van der Waals surface area contributed by atoms with Gasteiger partial charge in [-0.05, 0) is 18.9 Å². The lowest BCUT2D eigenvalue weighted by Gasteiger charge is -2.28. The number of nitrogens with zero attached hydrogens (tertiary/aromatic N) is 1. The summed E-state index contributed by atoms with van der Waals surface area (Å²) in [6.45, 7) is 0. The summed E-state index contributed by atoms with van der Waals surface area (Å²) in [6.07, 6.45) is 5.21. The third kappa shape index (κ3) is 2.79. The van der Waals surface area contributed by atoms with E-state index in [0.717, 1.165) is 25.5 Å². The van der Waals surface area contributed by atoms with Crippen molar-refractivity contribution >= 4 is 5.91 Å². The van der Waals surface area contributed by atoms with Gasteiger partial charge in [-0.25, -0.2) is 4.39 Å². The second-order valence-electron chi connectivity index (χ2n) is 4.29. The Hall–Kier alpha value is -1.49. The predicted octanol–water partition coefficient (Wildman–Crippen LogP) is 1.25. The normalized spacial score (nSPS) is 24.4. The van der Waals surface area contributed by atoms with Crippen LogP contribution in [0.25, 0.3) is 0 Å². The molecule has 1 amide bonds. The van der Waals surface area contributed by atoms with Gasteiger partial charge in [-0.2, -0.15) is 0 Å². The Bertz CT molecular complexity index is 411. The second-order valence-corrected chi connectivity index (χ2v) is 4.29. The highest BCUT2D eigenvalue weighted by atomic mass is 19.1. The lowest BCUT2D eigenvalue weighted by atomic mass is 9.92. The van der Waals surface area contributed by atoms with Gasteiger partial charge in [0.25, 0.3) is 5.91 Å². The Labute approximate surface area is 98.9 Å². The van der Waals surface area contributed by atoms with E-state index in [0.29, 0.717) is 6.42 Å². The summed E-state index contributed by atoms with van der Waals surface area (Å²) in [4.78, 5) is 15.4. The van der Waals surface area contributed by atoms with E-state index in [2.05, 4.69) is 10.3 Å². The summed E-state index contributed by atoms with van der Waals surface area (Å²) in [6, 6.07) is 1.06. The largest absolute Gasteiger partial charge is 0.391 e. The van der Waals surface area contributed by atoms with Crippen molar-refractivity contribution in [1.82, 2.24) is 10.3 Å². The van der Waals surface area contributed by atoms with Crippen molar-refractivity contribution in [2.45, 2.75) is 37.8 Å². The SMILES string of the molecule is O=C(N[C@@H]1CCCC[C@H]1O)c1ccncc1F. The van der Waals surface area contributed by atoms with E-state index in [4.69, 9.17) is 0 Å². The fourth-order valence-electron chi connectivity index (χ4n) is 2.09. The molecule has 1 fully saturated rings. The summed E-state index contributed by atoms with van der Waals surface area (Å²) in [5, 5.41) is 12.4. The van der Waals surface area contributed by atoms with Crippen LogP contribution in [0.5, 0.6) is 0 Å². The highest BCUT2D eigenvalue weighted by Crippen LogP contribution is 2.19. The molecule has 5 heteroatoms. The minimum Gasteiger partial charge on any atom is -0.391 e. The number of halogens is 1. The molecule has 2 rings (SSSR count). The maximum atomic E-state index is 13.3. The van der Waals surface area contributed by atoms with Gasteiger partial charge < -0.3 is 10.4 Å². The van der Waals surface area contributed by atoms with Crippen LogP contribution in [0, 0.1) is 5.82 Å². The number of nitrogens with one attached hydrogen (secondary N) is 1. The van der Waals surface area contributed by atoms with Gasteiger partial charge >= 0.3 is 0 Å². The van der Waals surface area contributed by atoms with Gasteiger partial charge in [0.1, 0.15) is 0 Å². The zero-order chi connectivity index (χ0) is 12.3. The van der Waals surface area contributed by atoms with Crippen molar-refractivity contribution in [1.29, 1.82) is 0 Å². The van der Waals surface area contributed by atoms with E-state index < -0.39 is 17.8 Å². The number of hydrogen-bond donors (Lipinski definition) is 2. The van der Waals surface area contributed by atoms with Gasteiger partial charge in [0, 0.05) is 6.20 Å². The summed E-state index contributed by atoms with van der Waals surface area (Å²) in [7, 11) is 0. The van der Waals surface area contributed by atoms with E-state index in [1.54, 1.807) is 0 Å². The van der Waals surface area contributed by atoms with Crippen LogP contribution in [0.2, 0.25) is 0 Å². The first-order valence-corrected chi connectivity index (χ1v) is 5.77. The van der Waals surface area contributed by atoms with Gasteiger partial charge in [0.2, 0.25) is 0 Å². The number of rotatable bonds is 2. The van der Waals surface area contributed by atoms with Crippen LogP contribution < -0.4 is 5.32 Å². The van der Waals surface area contributed by atoms with Crippen molar-refractivity contribution in [3.63, 3.8) is 0 Å². The fourth-order valence-corrected chi connectivity index (χ4v) is 2.09. The first kappa shape index (κ1) is 12.0. The lowest BCUT2D eigenvalue weighted by molar-refractivity contribution is 0.0714. The zero-order valence-electron chi connectivity index (χ0n) is 9.40. The molecule has 0 saturated heterocycles. The minimum absolute atomic E-state index is 0.0298. The number of carbonyl (C=O) groups is 1. The second kappa shape index (κ2) is 5.23. The van der Waals surface area contributed by atoms with E-state index in [-0.39, 0.29) is 11.6 Å². The Morgan fingerprint density at radius 3 is 2.94 bits per heavy atom. The molecule has 0 radical (unpaired) electrons. The average Bonchev–Trinajstić information content (AvgIpc) is 2.32. The van der Waals surface area contributed by atoms with Crippen LogP contribution >= 0.6 is 0 Å². The third-order valence-corrected chi connectivity index (χ3v) is 3.06. The van der Waals surface area contributed by atoms with E-state index >= 15 is 0 Å². The molecule has 1 aromatic heterocycles. The van der Waals surface area contributed by atoms with Crippen molar-refractivity contribution in [3.8, 4) is 0 Å². The molecule has 2 N–H and O–H groups in total. The monoisotopic (exact) mass is 238 g/mol. The number of pyridine rings is 1. The average molecular weight is 238 g/mol. The van der Waals surface area contributed by atoms with Crippen molar-refractivity contribution in [2.24, 2.45) is 0 Å². The highest BCUT2D eigenvalue weighted by molar-refractivity contribution is 5.94. The zero-order valence-corrected chi connectivity index (χ0v) is 9.40. The van der Waals surface area contributed by atoms with Crippen LogP contribution in [-0.2, 0) is 0 Å². The molecule has 92 valence electrons. The van der Waals surface area contributed by atoms with Crippen LogP contribution in [0.1, 0.15) is 36.0 Å².